The minimum Gasteiger partial charge on any atom is -0.378 e. The molecule has 2 aromatic rings. The fourth-order valence-corrected chi connectivity index (χ4v) is 1.97. The molecular weight excluding hydrogens is 303 g/mol. The Labute approximate surface area is 111 Å². The van der Waals surface area contributed by atoms with E-state index in [0.29, 0.717) is 21.6 Å². The SMILES string of the molecule is COCc1cc(=O)[nH]c(-c2cc(F)ccc2Br)n1. The van der Waals surface area contributed by atoms with E-state index in [-0.39, 0.29) is 12.2 Å². The fraction of sp³-hybridized carbons (Fsp3) is 0.167. The fourth-order valence-electron chi connectivity index (χ4n) is 1.54. The number of rotatable bonds is 3. The molecule has 18 heavy (non-hydrogen) atoms. The Kier molecular flexibility index (Phi) is 3.88. The number of ether oxygens (including phenoxy) is 1. The van der Waals surface area contributed by atoms with Crippen molar-refractivity contribution >= 4 is 15.9 Å². The van der Waals surface area contributed by atoms with Crippen LogP contribution < -0.4 is 5.56 Å². The number of methoxy groups -OCH3 is 1. The highest BCUT2D eigenvalue weighted by atomic mass is 79.9. The molecule has 0 saturated carbocycles. The van der Waals surface area contributed by atoms with Crippen molar-refractivity contribution in [2.24, 2.45) is 0 Å². The average molecular weight is 313 g/mol. The van der Waals surface area contributed by atoms with Gasteiger partial charge in [0.05, 0.1) is 12.3 Å². The van der Waals surface area contributed by atoms with Gasteiger partial charge in [0.1, 0.15) is 11.6 Å². The third kappa shape index (κ3) is 2.83. The first-order valence-corrected chi connectivity index (χ1v) is 5.94. The summed E-state index contributed by atoms with van der Waals surface area (Å²) < 4.78 is 18.8. The van der Waals surface area contributed by atoms with Crippen LogP contribution in [0.1, 0.15) is 5.69 Å². The molecule has 0 unspecified atom stereocenters. The maximum absolute atomic E-state index is 13.2. The van der Waals surface area contributed by atoms with E-state index in [4.69, 9.17) is 4.74 Å². The number of aromatic amines is 1. The molecular formula is C12H10BrFN2O2. The quantitative estimate of drug-likeness (QED) is 0.947. The Balaban J connectivity index is 2.56. The predicted octanol–water partition coefficient (Wildman–Crippen LogP) is 2.48. The normalized spacial score (nSPS) is 10.6. The zero-order valence-corrected chi connectivity index (χ0v) is 11.1. The van der Waals surface area contributed by atoms with Gasteiger partial charge in [-0.25, -0.2) is 9.37 Å². The summed E-state index contributed by atoms with van der Waals surface area (Å²) in [5.41, 5.74) is 0.681. The van der Waals surface area contributed by atoms with E-state index in [1.165, 1.54) is 25.3 Å². The highest BCUT2D eigenvalue weighted by Gasteiger charge is 2.09. The monoisotopic (exact) mass is 312 g/mol. The number of hydrogen-bond donors (Lipinski definition) is 1. The standard InChI is InChI=1S/C12H10BrFN2O2/c1-18-6-8-5-11(17)16-12(15-8)9-4-7(14)2-3-10(9)13/h2-5H,6H2,1H3,(H,15,16,17). The third-order valence-corrected chi connectivity index (χ3v) is 2.96. The summed E-state index contributed by atoms with van der Waals surface area (Å²) in [7, 11) is 1.51. The van der Waals surface area contributed by atoms with Gasteiger partial charge in [0.15, 0.2) is 0 Å². The van der Waals surface area contributed by atoms with Crippen molar-refractivity contribution in [1.29, 1.82) is 0 Å². The van der Waals surface area contributed by atoms with Crippen molar-refractivity contribution in [2.45, 2.75) is 6.61 Å². The lowest BCUT2D eigenvalue weighted by Crippen LogP contribution is -2.11. The zero-order valence-electron chi connectivity index (χ0n) is 9.54. The van der Waals surface area contributed by atoms with E-state index in [0.717, 1.165) is 0 Å². The van der Waals surface area contributed by atoms with Gasteiger partial charge in [0.25, 0.3) is 5.56 Å². The Hall–Kier alpha value is -1.53. The largest absolute Gasteiger partial charge is 0.378 e. The van der Waals surface area contributed by atoms with Crippen LogP contribution in [0.5, 0.6) is 0 Å². The molecule has 0 bridgehead atoms. The summed E-state index contributed by atoms with van der Waals surface area (Å²) in [4.78, 5) is 18.3. The molecule has 0 saturated heterocycles. The second-order valence-electron chi connectivity index (χ2n) is 3.64. The van der Waals surface area contributed by atoms with Crippen LogP contribution >= 0.6 is 15.9 Å². The molecule has 0 aliphatic rings. The Morgan fingerprint density at radius 1 is 1.44 bits per heavy atom. The Morgan fingerprint density at radius 2 is 2.22 bits per heavy atom. The second kappa shape index (κ2) is 5.41. The summed E-state index contributed by atoms with van der Waals surface area (Å²) in [5.74, 6) is -0.0890. The summed E-state index contributed by atoms with van der Waals surface area (Å²) in [6.45, 7) is 0.226. The minimum atomic E-state index is -0.395. The van der Waals surface area contributed by atoms with Crippen molar-refractivity contribution in [3.05, 3.63) is 50.6 Å². The van der Waals surface area contributed by atoms with Crippen LogP contribution in [-0.2, 0) is 11.3 Å². The van der Waals surface area contributed by atoms with Crippen LogP contribution in [0.2, 0.25) is 0 Å². The molecule has 2 rings (SSSR count). The van der Waals surface area contributed by atoms with E-state index in [9.17, 15) is 9.18 Å². The van der Waals surface area contributed by atoms with Crippen molar-refractivity contribution in [2.75, 3.05) is 7.11 Å². The van der Waals surface area contributed by atoms with E-state index in [1.807, 2.05) is 0 Å². The van der Waals surface area contributed by atoms with Gasteiger partial charge in [-0.2, -0.15) is 0 Å². The number of aromatic nitrogens is 2. The van der Waals surface area contributed by atoms with Gasteiger partial charge in [0, 0.05) is 23.2 Å². The van der Waals surface area contributed by atoms with Crippen molar-refractivity contribution in [3.63, 3.8) is 0 Å². The number of halogens is 2. The van der Waals surface area contributed by atoms with Gasteiger partial charge in [-0.3, -0.25) is 4.79 Å². The van der Waals surface area contributed by atoms with Gasteiger partial charge in [-0.1, -0.05) is 15.9 Å². The lowest BCUT2D eigenvalue weighted by molar-refractivity contribution is 0.181. The topological polar surface area (TPSA) is 55.0 Å². The molecule has 6 heteroatoms. The van der Waals surface area contributed by atoms with Gasteiger partial charge < -0.3 is 9.72 Å². The molecule has 94 valence electrons. The van der Waals surface area contributed by atoms with Crippen molar-refractivity contribution in [3.8, 4) is 11.4 Å². The molecule has 0 fully saturated rings. The third-order valence-electron chi connectivity index (χ3n) is 2.27. The van der Waals surface area contributed by atoms with Crippen molar-refractivity contribution < 1.29 is 9.13 Å². The highest BCUT2D eigenvalue weighted by Crippen LogP contribution is 2.25. The highest BCUT2D eigenvalue weighted by molar-refractivity contribution is 9.10. The molecule has 1 aromatic carbocycles. The Bertz CT molecular complexity index is 628. The summed E-state index contributed by atoms with van der Waals surface area (Å²) in [5, 5.41) is 0. The van der Waals surface area contributed by atoms with Crippen LogP contribution in [0, 0.1) is 5.82 Å². The lowest BCUT2D eigenvalue weighted by atomic mass is 10.2. The molecule has 0 atom stereocenters. The smallest absolute Gasteiger partial charge is 0.251 e. The molecule has 1 N–H and O–H groups in total. The van der Waals surface area contributed by atoms with Crippen molar-refractivity contribution in [1.82, 2.24) is 9.97 Å². The molecule has 0 amide bonds. The summed E-state index contributed by atoms with van der Waals surface area (Å²) >= 11 is 3.30. The molecule has 1 heterocycles. The number of benzene rings is 1. The molecule has 0 aliphatic heterocycles. The van der Waals surface area contributed by atoms with Crippen LogP contribution in [0.25, 0.3) is 11.4 Å². The predicted molar refractivity (Wildman–Crippen MR) is 68.7 cm³/mol. The van der Waals surface area contributed by atoms with Gasteiger partial charge in [0.2, 0.25) is 0 Å². The maximum Gasteiger partial charge on any atom is 0.251 e. The summed E-state index contributed by atoms with van der Waals surface area (Å²) in [6, 6.07) is 5.54. The van der Waals surface area contributed by atoms with Crippen LogP contribution in [0.4, 0.5) is 4.39 Å². The number of nitrogens with one attached hydrogen (secondary N) is 1. The van der Waals surface area contributed by atoms with E-state index < -0.39 is 5.82 Å². The number of nitrogens with zero attached hydrogens (tertiary/aromatic N) is 1. The molecule has 0 radical (unpaired) electrons. The van der Waals surface area contributed by atoms with E-state index in [1.54, 1.807) is 6.07 Å². The Morgan fingerprint density at radius 3 is 2.94 bits per heavy atom. The molecule has 1 aromatic heterocycles. The molecule has 0 spiro atoms. The van der Waals surface area contributed by atoms with E-state index >= 15 is 0 Å². The number of hydrogen-bond acceptors (Lipinski definition) is 3. The van der Waals surface area contributed by atoms with Crippen LogP contribution in [0.15, 0.2) is 33.5 Å². The van der Waals surface area contributed by atoms with Crippen LogP contribution in [0.3, 0.4) is 0 Å². The second-order valence-corrected chi connectivity index (χ2v) is 4.50. The maximum atomic E-state index is 13.2. The van der Waals surface area contributed by atoms with E-state index in [2.05, 4.69) is 25.9 Å². The number of H-pyrrole nitrogens is 1. The van der Waals surface area contributed by atoms with Gasteiger partial charge in [-0.15, -0.1) is 0 Å². The van der Waals surface area contributed by atoms with Gasteiger partial charge in [-0.05, 0) is 18.2 Å². The lowest BCUT2D eigenvalue weighted by Gasteiger charge is -2.06. The first-order chi connectivity index (χ1) is 8.60. The summed E-state index contributed by atoms with van der Waals surface area (Å²) in [6.07, 6.45) is 0. The van der Waals surface area contributed by atoms with Gasteiger partial charge >= 0.3 is 0 Å². The molecule has 0 aliphatic carbocycles. The minimum absolute atomic E-state index is 0.226. The zero-order chi connectivity index (χ0) is 13.1. The average Bonchev–Trinajstić information content (AvgIpc) is 2.32. The molecule has 4 nitrogen and oxygen atoms in total. The first kappa shape index (κ1) is 12.9. The first-order valence-electron chi connectivity index (χ1n) is 5.15. The van der Waals surface area contributed by atoms with Crippen LogP contribution in [-0.4, -0.2) is 17.1 Å².